The Morgan fingerprint density at radius 2 is 2.19 bits per heavy atom. The van der Waals surface area contributed by atoms with Crippen LogP contribution in [0.2, 0.25) is 0 Å². The van der Waals surface area contributed by atoms with Crippen LogP contribution >= 0.6 is 11.3 Å². The summed E-state index contributed by atoms with van der Waals surface area (Å²) < 4.78 is 37.0. The third-order valence-electron chi connectivity index (χ3n) is 2.67. The lowest BCUT2D eigenvalue weighted by atomic mass is 9.98. The Morgan fingerprint density at radius 3 is 2.69 bits per heavy atom. The van der Waals surface area contributed by atoms with E-state index in [4.69, 9.17) is 0 Å². The normalized spacial score (nSPS) is 26.2. The van der Waals surface area contributed by atoms with E-state index in [1.54, 1.807) is 0 Å². The maximum absolute atomic E-state index is 12.3. The number of aliphatic hydroxyl groups is 1. The monoisotopic (exact) mass is 251 g/mol. The standard InChI is InChI=1S/C10H12F3NOS/c11-10(12,13)8-2-1-7(16-8)5-9(15)3-4-14-6-9/h1-2,14-15H,3-6H2. The lowest BCUT2D eigenvalue weighted by molar-refractivity contribution is -0.134. The zero-order chi connectivity index (χ0) is 11.8. The van der Waals surface area contributed by atoms with Crippen LogP contribution in [0.4, 0.5) is 13.2 Å². The average molecular weight is 251 g/mol. The molecule has 0 aromatic carbocycles. The van der Waals surface area contributed by atoms with E-state index in [1.807, 2.05) is 0 Å². The van der Waals surface area contributed by atoms with Crippen molar-refractivity contribution in [2.75, 3.05) is 13.1 Å². The largest absolute Gasteiger partial charge is 0.425 e. The van der Waals surface area contributed by atoms with Crippen molar-refractivity contribution in [3.63, 3.8) is 0 Å². The molecule has 1 aliphatic rings. The number of alkyl halides is 3. The number of thiophene rings is 1. The summed E-state index contributed by atoms with van der Waals surface area (Å²) in [7, 11) is 0. The smallest absolute Gasteiger partial charge is 0.388 e. The van der Waals surface area contributed by atoms with Gasteiger partial charge < -0.3 is 10.4 Å². The molecule has 1 aromatic heterocycles. The number of rotatable bonds is 2. The van der Waals surface area contributed by atoms with E-state index in [1.165, 1.54) is 6.07 Å². The maximum atomic E-state index is 12.3. The van der Waals surface area contributed by atoms with Crippen LogP contribution in [0, 0.1) is 0 Å². The van der Waals surface area contributed by atoms with Gasteiger partial charge in [0.15, 0.2) is 0 Å². The van der Waals surface area contributed by atoms with Crippen molar-refractivity contribution in [3.05, 3.63) is 21.9 Å². The molecule has 0 saturated carbocycles. The summed E-state index contributed by atoms with van der Waals surface area (Å²) in [6, 6.07) is 2.52. The molecule has 1 fully saturated rings. The molecule has 0 aliphatic carbocycles. The van der Waals surface area contributed by atoms with Gasteiger partial charge in [0.2, 0.25) is 0 Å². The first-order valence-electron chi connectivity index (χ1n) is 4.98. The molecular formula is C10H12F3NOS. The van der Waals surface area contributed by atoms with Crippen LogP contribution in [0.3, 0.4) is 0 Å². The topological polar surface area (TPSA) is 32.3 Å². The lowest BCUT2D eigenvalue weighted by Gasteiger charge is -2.19. The molecule has 0 amide bonds. The van der Waals surface area contributed by atoms with Gasteiger partial charge in [-0.3, -0.25) is 0 Å². The summed E-state index contributed by atoms with van der Waals surface area (Å²) in [5, 5.41) is 13.0. The summed E-state index contributed by atoms with van der Waals surface area (Å²) in [6.07, 6.45) is -3.40. The molecule has 16 heavy (non-hydrogen) atoms. The Labute approximate surface area is 95.1 Å². The Balaban J connectivity index is 2.08. The van der Waals surface area contributed by atoms with Crippen molar-refractivity contribution in [2.45, 2.75) is 24.6 Å². The molecule has 2 nitrogen and oxygen atoms in total. The minimum atomic E-state index is -4.28. The summed E-state index contributed by atoms with van der Waals surface area (Å²) >= 11 is 0.712. The van der Waals surface area contributed by atoms with Gasteiger partial charge in [-0.05, 0) is 25.1 Å². The van der Waals surface area contributed by atoms with Gasteiger partial charge in [-0.15, -0.1) is 11.3 Å². The third-order valence-corrected chi connectivity index (χ3v) is 3.80. The quantitative estimate of drug-likeness (QED) is 0.843. The van der Waals surface area contributed by atoms with Gasteiger partial charge in [0.05, 0.1) is 5.60 Å². The van der Waals surface area contributed by atoms with Gasteiger partial charge in [-0.2, -0.15) is 13.2 Å². The second kappa shape index (κ2) is 4.01. The van der Waals surface area contributed by atoms with Crippen LogP contribution in [0.15, 0.2) is 12.1 Å². The van der Waals surface area contributed by atoms with Gasteiger partial charge in [0, 0.05) is 17.8 Å². The highest BCUT2D eigenvalue weighted by atomic mass is 32.1. The van der Waals surface area contributed by atoms with Crippen molar-refractivity contribution in [3.8, 4) is 0 Å². The highest BCUT2D eigenvalue weighted by molar-refractivity contribution is 7.12. The zero-order valence-electron chi connectivity index (χ0n) is 8.47. The summed E-state index contributed by atoms with van der Waals surface area (Å²) in [6.45, 7) is 1.17. The SMILES string of the molecule is OC1(Cc2ccc(C(F)(F)F)s2)CCNC1. The van der Waals surface area contributed by atoms with Gasteiger partial charge in [-0.1, -0.05) is 0 Å². The molecule has 1 unspecified atom stereocenters. The van der Waals surface area contributed by atoms with E-state index in [-0.39, 0.29) is 0 Å². The fourth-order valence-electron chi connectivity index (χ4n) is 1.83. The summed E-state index contributed by atoms with van der Waals surface area (Å²) in [4.78, 5) is -0.0180. The van der Waals surface area contributed by atoms with Crippen LogP contribution in [0.5, 0.6) is 0 Å². The Hall–Kier alpha value is -0.590. The predicted molar refractivity (Wildman–Crippen MR) is 55.5 cm³/mol. The number of halogens is 3. The van der Waals surface area contributed by atoms with Crippen LogP contribution in [0.25, 0.3) is 0 Å². The molecule has 0 radical (unpaired) electrons. The van der Waals surface area contributed by atoms with E-state index in [0.29, 0.717) is 42.1 Å². The fraction of sp³-hybridized carbons (Fsp3) is 0.600. The Morgan fingerprint density at radius 1 is 1.44 bits per heavy atom. The molecule has 2 heterocycles. The van der Waals surface area contributed by atoms with E-state index in [9.17, 15) is 18.3 Å². The molecule has 1 atom stereocenters. The molecule has 1 saturated heterocycles. The van der Waals surface area contributed by atoms with Crippen LogP contribution < -0.4 is 5.32 Å². The maximum Gasteiger partial charge on any atom is 0.425 e. The highest BCUT2D eigenvalue weighted by Gasteiger charge is 2.35. The third kappa shape index (κ3) is 2.56. The highest BCUT2D eigenvalue weighted by Crippen LogP contribution is 2.36. The number of hydrogen-bond donors (Lipinski definition) is 2. The van der Waals surface area contributed by atoms with Crippen molar-refractivity contribution in [1.82, 2.24) is 5.32 Å². The average Bonchev–Trinajstić information content (AvgIpc) is 2.74. The number of β-amino-alcohol motifs (C(OH)–C–C–N with tert-alkyl or cyclic N) is 1. The van der Waals surface area contributed by atoms with Crippen molar-refractivity contribution < 1.29 is 18.3 Å². The molecular weight excluding hydrogens is 239 g/mol. The summed E-state index contributed by atoms with van der Waals surface area (Å²) in [5.41, 5.74) is -0.881. The molecule has 1 aromatic rings. The predicted octanol–water partition coefficient (Wildman–Crippen LogP) is 2.03. The van der Waals surface area contributed by atoms with Gasteiger partial charge in [0.25, 0.3) is 0 Å². The molecule has 0 bridgehead atoms. The van der Waals surface area contributed by atoms with Gasteiger partial charge in [0.1, 0.15) is 4.88 Å². The van der Waals surface area contributed by atoms with Crippen LogP contribution in [-0.4, -0.2) is 23.8 Å². The number of hydrogen-bond acceptors (Lipinski definition) is 3. The van der Waals surface area contributed by atoms with Crippen molar-refractivity contribution in [2.24, 2.45) is 0 Å². The van der Waals surface area contributed by atoms with Gasteiger partial charge in [-0.25, -0.2) is 0 Å². The van der Waals surface area contributed by atoms with Crippen molar-refractivity contribution in [1.29, 1.82) is 0 Å². The van der Waals surface area contributed by atoms with E-state index < -0.39 is 16.7 Å². The first-order valence-corrected chi connectivity index (χ1v) is 5.80. The van der Waals surface area contributed by atoms with E-state index in [0.717, 1.165) is 6.07 Å². The minimum Gasteiger partial charge on any atom is -0.388 e. The number of nitrogens with one attached hydrogen (secondary N) is 1. The molecule has 2 rings (SSSR count). The molecule has 1 aliphatic heterocycles. The molecule has 90 valence electrons. The van der Waals surface area contributed by atoms with E-state index >= 15 is 0 Å². The first kappa shape index (κ1) is 11.9. The molecule has 0 spiro atoms. The van der Waals surface area contributed by atoms with Crippen molar-refractivity contribution >= 4 is 11.3 Å². The summed E-state index contributed by atoms with van der Waals surface area (Å²) in [5.74, 6) is 0. The van der Waals surface area contributed by atoms with Gasteiger partial charge >= 0.3 is 6.18 Å². The Bertz CT molecular complexity index is 368. The molecule has 2 N–H and O–H groups in total. The van der Waals surface area contributed by atoms with E-state index in [2.05, 4.69) is 5.32 Å². The lowest BCUT2D eigenvalue weighted by Crippen LogP contribution is -2.33. The minimum absolute atomic E-state index is 0.292. The first-order chi connectivity index (χ1) is 7.39. The molecule has 6 heteroatoms. The fourth-order valence-corrected chi connectivity index (χ4v) is 2.84. The second-order valence-corrected chi connectivity index (χ2v) is 5.26. The van der Waals surface area contributed by atoms with Crippen LogP contribution in [-0.2, 0) is 12.6 Å². The van der Waals surface area contributed by atoms with Crippen LogP contribution in [0.1, 0.15) is 16.2 Å². The second-order valence-electron chi connectivity index (χ2n) is 4.09. The Kier molecular flexibility index (Phi) is 2.98. The zero-order valence-corrected chi connectivity index (χ0v) is 9.29.